The van der Waals surface area contributed by atoms with Gasteiger partial charge in [0.25, 0.3) is 0 Å². The topological polar surface area (TPSA) is 72.2 Å². The van der Waals surface area contributed by atoms with Crippen LogP contribution in [0.2, 0.25) is 0 Å². The van der Waals surface area contributed by atoms with Gasteiger partial charge >= 0.3 is 0 Å². The monoisotopic (exact) mass is 266 g/mol. The van der Waals surface area contributed by atoms with Crippen molar-refractivity contribution >= 4 is 21.8 Å². The van der Waals surface area contributed by atoms with Crippen molar-refractivity contribution in [2.45, 2.75) is 43.9 Å². The first-order valence-corrected chi connectivity index (χ1v) is 8.61. The lowest BCUT2D eigenvalue weighted by molar-refractivity contribution is 0.553. The standard InChI is InChI=1S/C10H22N2O2S2/c1-2-15-10-6-3-5-9(10)12-16(13,14)8-4-7-11/h9-10,12H,2-8,11H2,1H3. The van der Waals surface area contributed by atoms with Crippen molar-refractivity contribution in [1.29, 1.82) is 0 Å². The largest absolute Gasteiger partial charge is 0.330 e. The van der Waals surface area contributed by atoms with Gasteiger partial charge in [-0.2, -0.15) is 11.8 Å². The van der Waals surface area contributed by atoms with Crippen LogP contribution in [0.5, 0.6) is 0 Å². The maximum Gasteiger partial charge on any atom is 0.211 e. The highest BCUT2D eigenvalue weighted by Crippen LogP contribution is 2.30. The minimum absolute atomic E-state index is 0.132. The average Bonchev–Trinajstić information content (AvgIpc) is 2.63. The molecule has 3 N–H and O–H groups in total. The zero-order valence-electron chi connectivity index (χ0n) is 9.81. The van der Waals surface area contributed by atoms with Gasteiger partial charge in [0.1, 0.15) is 0 Å². The van der Waals surface area contributed by atoms with Crippen LogP contribution in [-0.4, -0.2) is 37.8 Å². The van der Waals surface area contributed by atoms with E-state index in [0.717, 1.165) is 25.0 Å². The number of thioether (sulfide) groups is 1. The molecule has 0 bridgehead atoms. The first-order chi connectivity index (χ1) is 7.59. The van der Waals surface area contributed by atoms with E-state index in [0.29, 0.717) is 18.2 Å². The second-order valence-electron chi connectivity index (χ2n) is 4.11. The van der Waals surface area contributed by atoms with Gasteiger partial charge in [0.15, 0.2) is 0 Å². The first kappa shape index (κ1) is 14.3. The van der Waals surface area contributed by atoms with Gasteiger partial charge in [0, 0.05) is 11.3 Å². The first-order valence-electron chi connectivity index (χ1n) is 5.90. The van der Waals surface area contributed by atoms with Crippen LogP contribution in [0.3, 0.4) is 0 Å². The van der Waals surface area contributed by atoms with E-state index < -0.39 is 10.0 Å². The van der Waals surface area contributed by atoms with E-state index in [4.69, 9.17) is 5.73 Å². The van der Waals surface area contributed by atoms with Crippen molar-refractivity contribution in [3.05, 3.63) is 0 Å². The molecule has 6 heteroatoms. The summed E-state index contributed by atoms with van der Waals surface area (Å²) in [5.41, 5.74) is 5.32. The van der Waals surface area contributed by atoms with Gasteiger partial charge in [-0.3, -0.25) is 0 Å². The van der Waals surface area contributed by atoms with Crippen molar-refractivity contribution in [2.75, 3.05) is 18.1 Å². The fourth-order valence-electron chi connectivity index (χ4n) is 2.04. The summed E-state index contributed by atoms with van der Waals surface area (Å²) in [7, 11) is -3.12. The van der Waals surface area contributed by atoms with Crippen molar-refractivity contribution in [3.8, 4) is 0 Å². The number of nitrogens with one attached hydrogen (secondary N) is 1. The molecule has 1 saturated carbocycles. The van der Waals surface area contributed by atoms with Crippen molar-refractivity contribution < 1.29 is 8.42 Å². The molecule has 0 aromatic carbocycles. The Morgan fingerprint density at radius 2 is 2.19 bits per heavy atom. The summed E-state index contributed by atoms with van der Waals surface area (Å²) in [5.74, 6) is 1.20. The predicted octanol–water partition coefficient (Wildman–Crippen LogP) is 0.929. The Morgan fingerprint density at radius 1 is 1.44 bits per heavy atom. The van der Waals surface area contributed by atoms with Crippen molar-refractivity contribution in [1.82, 2.24) is 4.72 Å². The molecule has 0 radical (unpaired) electrons. The summed E-state index contributed by atoms with van der Waals surface area (Å²) >= 11 is 1.86. The molecule has 1 aliphatic rings. The summed E-state index contributed by atoms with van der Waals surface area (Å²) in [5, 5.41) is 0.456. The van der Waals surface area contributed by atoms with Crippen LogP contribution in [0.25, 0.3) is 0 Å². The molecule has 16 heavy (non-hydrogen) atoms. The van der Waals surface area contributed by atoms with Crippen LogP contribution in [0.4, 0.5) is 0 Å². The van der Waals surface area contributed by atoms with E-state index in [1.807, 2.05) is 11.8 Å². The van der Waals surface area contributed by atoms with Gasteiger partial charge in [-0.15, -0.1) is 0 Å². The third-order valence-electron chi connectivity index (χ3n) is 2.78. The molecule has 4 nitrogen and oxygen atoms in total. The Kier molecular flexibility index (Phi) is 6.10. The summed E-state index contributed by atoms with van der Waals surface area (Å²) in [4.78, 5) is 0. The van der Waals surface area contributed by atoms with Gasteiger partial charge in [-0.25, -0.2) is 13.1 Å². The maximum absolute atomic E-state index is 11.7. The third kappa shape index (κ3) is 4.61. The highest BCUT2D eigenvalue weighted by molar-refractivity contribution is 8.00. The maximum atomic E-state index is 11.7. The fraction of sp³-hybridized carbons (Fsp3) is 1.00. The van der Waals surface area contributed by atoms with Crippen LogP contribution in [0, 0.1) is 0 Å². The van der Waals surface area contributed by atoms with Crippen LogP contribution >= 0.6 is 11.8 Å². The van der Waals surface area contributed by atoms with Gasteiger partial charge in [-0.1, -0.05) is 13.3 Å². The number of hydrogen-bond acceptors (Lipinski definition) is 4. The predicted molar refractivity (Wildman–Crippen MR) is 70.2 cm³/mol. The number of nitrogens with two attached hydrogens (primary N) is 1. The fourth-order valence-corrected chi connectivity index (χ4v) is 4.73. The lowest BCUT2D eigenvalue weighted by Gasteiger charge is -2.19. The molecule has 96 valence electrons. The molecule has 2 atom stereocenters. The van der Waals surface area contributed by atoms with E-state index in [-0.39, 0.29) is 11.8 Å². The SMILES string of the molecule is CCSC1CCCC1NS(=O)(=O)CCCN. The molecule has 2 unspecified atom stereocenters. The minimum Gasteiger partial charge on any atom is -0.330 e. The van der Waals surface area contributed by atoms with Gasteiger partial charge in [-0.05, 0) is 31.6 Å². The zero-order valence-corrected chi connectivity index (χ0v) is 11.4. The molecule has 1 aliphatic carbocycles. The molecule has 0 aromatic heterocycles. The number of sulfonamides is 1. The smallest absolute Gasteiger partial charge is 0.211 e. The van der Waals surface area contributed by atoms with E-state index in [1.54, 1.807) is 0 Å². The quantitative estimate of drug-likeness (QED) is 0.719. The van der Waals surface area contributed by atoms with E-state index in [1.165, 1.54) is 0 Å². The molecule has 0 saturated heterocycles. The Morgan fingerprint density at radius 3 is 2.81 bits per heavy atom. The van der Waals surface area contributed by atoms with Crippen LogP contribution in [-0.2, 0) is 10.0 Å². The summed E-state index contributed by atoms with van der Waals surface area (Å²) in [6.07, 6.45) is 3.76. The Labute approximate surface area is 103 Å². The average molecular weight is 266 g/mol. The summed E-state index contributed by atoms with van der Waals surface area (Å²) < 4.78 is 26.3. The van der Waals surface area contributed by atoms with Crippen molar-refractivity contribution in [3.63, 3.8) is 0 Å². The van der Waals surface area contributed by atoms with E-state index >= 15 is 0 Å². The molecule has 1 fully saturated rings. The third-order valence-corrected chi connectivity index (χ3v) is 5.60. The van der Waals surface area contributed by atoms with Crippen LogP contribution < -0.4 is 10.5 Å². The zero-order chi connectivity index (χ0) is 12.0. The van der Waals surface area contributed by atoms with E-state index in [2.05, 4.69) is 11.6 Å². The Bertz CT molecular complexity index is 293. The minimum atomic E-state index is -3.12. The number of hydrogen-bond donors (Lipinski definition) is 2. The molecular weight excluding hydrogens is 244 g/mol. The summed E-state index contributed by atoms with van der Waals surface area (Å²) in [6, 6.07) is 0.132. The van der Waals surface area contributed by atoms with Crippen molar-refractivity contribution in [2.24, 2.45) is 5.73 Å². The Hall–Kier alpha value is 0.220. The summed E-state index contributed by atoms with van der Waals surface area (Å²) in [6.45, 7) is 2.54. The van der Waals surface area contributed by atoms with Gasteiger partial charge in [0.2, 0.25) is 10.0 Å². The normalized spacial score (nSPS) is 26.1. The van der Waals surface area contributed by atoms with E-state index in [9.17, 15) is 8.42 Å². The molecular formula is C10H22N2O2S2. The number of rotatable bonds is 7. The second kappa shape index (κ2) is 6.83. The van der Waals surface area contributed by atoms with Crippen LogP contribution in [0.1, 0.15) is 32.6 Å². The lowest BCUT2D eigenvalue weighted by atomic mass is 10.3. The highest BCUT2D eigenvalue weighted by atomic mass is 32.2. The molecule has 0 aliphatic heterocycles. The Balaban J connectivity index is 2.45. The molecule has 0 aromatic rings. The second-order valence-corrected chi connectivity index (χ2v) is 7.50. The van der Waals surface area contributed by atoms with Gasteiger partial charge < -0.3 is 5.73 Å². The molecule has 1 rings (SSSR count). The van der Waals surface area contributed by atoms with Crippen LogP contribution in [0.15, 0.2) is 0 Å². The molecule has 0 spiro atoms. The molecule has 0 amide bonds. The molecule has 0 heterocycles. The van der Waals surface area contributed by atoms with Gasteiger partial charge in [0.05, 0.1) is 5.75 Å². The highest BCUT2D eigenvalue weighted by Gasteiger charge is 2.30. The lowest BCUT2D eigenvalue weighted by Crippen LogP contribution is -2.40.